The van der Waals surface area contributed by atoms with Crippen LogP contribution >= 0.6 is 35.0 Å². The van der Waals surface area contributed by atoms with E-state index >= 15 is 0 Å². The molecular weight excluding hydrogens is 463 g/mol. The van der Waals surface area contributed by atoms with E-state index in [0.717, 1.165) is 24.3 Å². The van der Waals surface area contributed by atoms with Crippen LogP contribution in [0.2, 0.25) is 10.0 Å². The fourth-order valence-electron chi connectivity index (χ4n) is 3.75. The lowest BCUT2D eigenvalue weighted by molar-refractivity contribution is -0.115. The Morgan fingerprint density at radius 3 is 2.31 bits per heavy atom. The average molecular weight is 487 g/mol. The van der Waals surface area contributed by atoms with Crippen molar-refractivity contribution in [3.63, 3.8) is 0 Å². The van der Waals surface area contributed by atoms with Gasteiger partial charge in [0.05, 0.1) is 10.8 Å². The molecule has 0 radical (unpaired) electrons. The number of halogens is 2. The second-order valence-corrected chi connectivity index (χ2v) is 9.27. The normalized spacial score (nSPS) is 15.8. The molecule has 4 rings (SSSR count). The van der Waals surface area contributed by atoms with Crippen LogP contribution in [0.25, 0.3) is 0 Å². The largest absolute Gasteiger partial charge is 0.456 e. The zero-order chi connectivity index (χ0) is 22.7. The molecule has 166 valence electrons. The number of rotatable bonds is 7. The van der Waals surface area contributed by atoms with Gasteiger partial charge in [-0.15, -0.1) is 11.8 Å². The molecule has 1 unspecified atom stereocenters. The fourth-order valence-corrected chi connectivity index (χ4v) is 5.37. The number of carbonyl (C=O) groups excluding carboxylic acids is 1. The second-order valence-electron chi connectivity index (χ2n) is 7.36. The number of anilines is 2. The summed E-state index contributed by atoms with van der Waals surface area (Å²) in [7, 11) is 0. The second kappa shape index (κ2) is 10.1. The molecule has 7 heteroatoms. The molecule has 0 aromatic heterocycles. The van der Waals surface area contributed by atoms with Crippen LogP contribution in [0.5, 0.6) is 11.5 Å². The monoisotopic (exact) mass is 486 g/mol. The predicted molar refractivity (Wildman–Crippen MR) is 136 cm³/mol. The molecule has 3 aromatic rings. The Balaban J connectivity index is 1.53. The van der Waals surface area contributed by atoms with Gasteiger partial charge >= 0.3 is 0 Å². The molecule has 1 aliphatic rings. The molecule has 1 fully saturated rings. The van der Waals surface area contributed by atoms with Gasteiger partial charge in [-0.2, -0.15) is 0 Å². The van der Waals surface area contributed by atoms with Crippen LogP contribution in [0.15, 0.2) is 66.7 Å². The summed E-state index contributed by atoms with van der Waals surface area (Å²) in [6.45, 7) is 6.24. The van der Waals surface area contributed by atoms with E-state index in [9.17, 15) is 4.79 Å². The van der Waals surface area contributed by atoms with Crippen molar-refractivity contribution in [2.45, 2.75) is 19.2 Å². The van der Waals surface area contributed by atoms with Crippen molar-refractivity contribution in [1.82, 2.24) is 0 Å². The zero-order valence-corrected chi connectivity index (χ0v) is 20.3. The number of benzene rings is 3. The minimum atomic E-state index is -0.0502. The number of amides is 1. The summed E-state index contributed by atoms with van der Waals surface area (Å²) < 4.78 is 5.87. The lowest BCUT2D eigenvalue weighted by atomic mass is 10.1. The van der Waals surface area contributed by atoms with Crippen LogP contribution in [0.1, 0.15) is 24.8 Å². The van der Waals surface area contributed by atoms with E-state index < -0.39 is 0 Å². The Morgan fingerprint density at radius 1 is 1.00 bits per heavy atom. The van der Waals surface area contributed by atoms with Crippen LogP contribution in [-0.2, 0) is 4.79 Å². The first-order valence-corrected chi connectivity index (χ1v) is 12.3. The van der Waals surface area contributed by atoms with Crippen molar-refractivity contribution < 1.29 is 9.53 Å². The van der Waals surface area contributed by atoms with Gasteiger partial charge in [0.25, 0.3) is 0 Å². The molecule has 1 heterocycles. The summed E-state index contributed by atoms with van der Waals surface area (Å²) in [5.74, 6) is 1.73. The Labute approximate surface area is 203 Å². The van der Waals surface area contributed by atoms with Crippen molar-refractivity contribution >= 4 is 52.2 Å². The smallest absolute Gasteiger partial charge is 0.238 e. The van der Waals surface area contributed by atoms with Crippen molar-refractivity contribution in [2.24, 2.45) is 0 Å². The molecule has 32 heavy (non-hydrogen) atoms. The van der Waals surface area contributed by atoms with Crippen LogP contribution < -0.4 is 14.5 Å². The first-order chi connectivity index (χ1) is 15.5. The number of nitrogens with zero attached hydrogens (tertiary/aromatic N) is 2. The highest BCUT2D eigenvalue weighted by molar-refractivity contribution is 8.00. The zero-order valence-electron chi connectivity index (χ0n) is 17.9. The Kier molecular flexibility index (Phi) is 7.19. The quantitative estimate of drug-likeness (QED) is 0.347. The van der Waals surface area contributed by atoms with E-state index in [2.05, 4.69) is 43.0 Å². The summed E-state index contributed by atoms with van der Waals surface area (Å²) >= 11 is 13.8. The molecule has 0 aliphatic carbocycles. The van der Waals surface area contributed by atoms with E-state index in [0.29, 0.717) is 27.3 Å². The minimum Gasteiger partial charge on any atom is -0.456 e. The van der Waals surface area contributed by atoms with Gasteiger partial charge in [0, 0.05) is 29.5 Å². The molecule has 0 N–H and O–H groups in total. The first kappa shape index (κ1) is 22.8. The third-order valence-corrected chi connectivity index (χ3v) is 7.15. The number of hydrogen-bond acceptors (Lipinski definition) is 4. The van der Waals surface area contributed by atoms with Gasteiger partial charge in [0.1, 0.15) is 16.9 Å². The third-order valence-electron chi connectivity index (χ3n) is 5.41. The molecule has 0 saturated carbocycles. The standard InChI is InChI=1S/C25H24Cl2N2O2S/c1-3-28(4-2)19-8-5-17(6-9-19)25-29(24(30)16-32-25)20-10-12-21(13-11-20)31-23-14-7-18(26)15-22(23)27/h5-15,25H,3-4,16H2,1-2H3. The minimum absolute atomic E-state index is 0.0502. The Morgan fingerprint density at radius 2 is 1.69 bits per heavy atom. The molecule has 1 aliphatic heterocycles. The van der Waals surface area contributed by atoms with Crippen molar-refractivity contribution in [2.75, 3.05) is 28.6 Å². The summed E-state index contributed by atoms with van der Waals surface area (Å²) in [4.78, 5) is 16.9. The summed E-state index contributed by atoms with van der Waals surface area (Å²) in [6, 6.07) is 21.1. The van der Waals surface area contributed by atoms with Gasteiger partial charge in [-0.25, -0.2) is 0 Å². The van der Waals surface area contributed by atoms with Gasteiger partial charge in [-0.05, 0) is 74.0 Å². The number of ether oxygens (including phenoxy) is 1. The molecule has 4 nitrogen and oxygen atoms in total. The number of thioether (sulfide) groups is 1. The maximum Gasteiger partial charge on any atom is 0.238 e. The number of carbonyl (C=O) groups is 1. The van der Waals surface area contributed by atoms with Gasteiger partial charge in [0.15, 0.2) is 0 Å². The lowest BCUT2D eigenvalue weighted by Crippen LogP contribution is -2.27. The summed E-state index contributed by atoms with van der Waals surface area (Å²) in [5.41, 5.74) is 3.15. The first-order valence-electron chi connectivity index (χ1n) is 10.5. The molecular formula is C25H24Cl2N2O2S. The molecule has 1 saturated heterocycles. The number of hydrogen-bond donors (Lipinski definition) is 0. The highest BCUT2D eigenvalue weighted by Crippen LogP contribution is 2.42. The van der Waals surface area contributed by atoms with E-state index in [1.54, 1.807) is 30.0 Å². The Bertz CT molecular complexity index is 1090. The van der Waals surface area contributed by atoms with Crippen LogP contribution in [0.4, 0.5) is 11.4 Å². The summed E-state index contributed by atoms with van der Waals surface area (Å²) in [5, 5.41) is 0.950. The van der Waals surface area contributed by atoms with Crippen molar-refractivity contribution in [1.29, 1.82) is 0 Å². The fraction of sp³-hybridized carbons (Fsp3) is 0.240. The molecule has 0 bridgehead atoms. The van der Waals surface area contributed by atoms with Gasteiger partial charge in [-0.1, -0.05) is 35.3 Å². The van der Waals surface area contributed by atoms with Gasteiger partial charge in [-0.3, -0.25) is 9.69 Å². The van der Waals surface area contributed by atoms with Crippen molar-refractivity contribution in [3.05, 3.63) is 82.3 Å². The van der Waals surface area contributed by atoms with Crippen LogP contribution in [0.3, 0.4) is 0 Å². The predicted octanol–water partition coefficient (Wildman–Crippen LogP) is 7.41. The highest BCUT2D eigenvalue weighted by atomic mass is 35.5. The van der Waals surface area contributed by atoms with Gasteiger partial charge in [0.2, 0.25) is 5.91 Å². The molecule has 1 atom stereocenters. The maximum atomic E-state index is 12.7. The molecule has 0 spiro atoms. The van der Waals surface area contributed by atoms with Crippen LogP contribution in [0, 0.1) is 0 Å². The van der Waals surface area contributed by atoms with E-state index in [1.807, 2.05) is 29.2 Å². The average Bonchev–Trinajstić information content (AvgIpc) is 3.19. The third kappa shape index (κ3) is 4.85. The summed E-state index contributed by atoms with van der Waals surface area (Å²) in [6.07, 6.45) is 0. The van der Waals surface area contributed by atoms with E-state index in [-0.39, 0.29) is 11.3 Å². The van der Waals surface area contributed by atoms with E-state index in [1.165, 1.54) is 5.69 Å². The topological polar surface area (TPSA) is 32.8 Å². The van der Waals surface area contributed by atoms with Crippen molar-refractivity contribution in [3.8, 4) is 11.5 Å². The highest BCUT2D eigenvalue weighted by Gasteiger charge is 2.34. The SMILES string of the molecule is CCN(CC)c1ccc(C2SCC(=O)N2c2ccc(Oc3ccc(Cl)cc3Cl)cc2)cc1. The Hall–Kier alpha value is -2.34. The molecule has 3 aromatic carbocycles. The van der Waals surface area contributed by atoms with Crippen LogP contribution in [-0.4, -0.2) is 24.7 Å². The van der Waals surface area contributed by atoms with E-state index in [4.69, 9.17) is 27.9 Å². The van der Waals surface area contributed by atoms with Gasteiger partial charge < -0.3 is 9.64 Å². The molecule has 1 amide bonds. The lowest BCUT2D eigenvalue weighted by Gasteiger charge is -2.26. The maximum absolute atomic E-state index is 12.7.